The number of hydrogen-bond donors (Lipinski definition) is 0. The summed E-state index contributed by atoms with van der Waals surface area (Å²) < 4.78 is 3.13. The van der Waals surface area contributed by atoms with Crippen LogP contribution in [0.2, 0.25) is 0 Å². The van der Waals surface area contributed by atoms with Crippen LogP contribution in [-0.2, 0) is 5.41 Å². The molecule has 0 aliphatic carbocycles. The Morgan fingerprint density at radius 2 is 1.90 bits per heavy atom. The molecule has 1 aliphatic rings. The maximum absolute atomic E-state index is 9.64. The first-order valence-corrected chi connectivity index (χ1v) is 7.86. The van der Waals surface area contributed by atoms with Crippen LogP contribution >= 0.6 is 24.2 Å². The third kappa shape index (κ3) is 3.32. The minimum Gasteiger partial charge on any atom is -0.363 e. The van der Waals surface area contributed by atoms with Crippen molar-refractivity contribution in [1.29, 1.82) is 5.26 Å². The predicted molar refractivity (Wildman–Crippen MR) is 88.4 cm³/mol. The first kappa shape index (κ1) is 15.3. The molecule has 0 N–H and O–H groups in total. The number of benzene rings is 1. The zero-order valence-electron chi connectivity index (χ0n) is 11.9. The van der Waals surface area contributed by atoms with Crippen molar-refractivity contribution in [2.45, 2.75) is 18.3 Å². The first-order valence-electron chi connectivity index (χ1n) is 6.68. The lowest BCUT2D eigenvalue weighted by Gasteiger charge is -2.37. The lowest BCUT2D eigenvalue weighted by Crippen LogP contribution is -2.40. The summed E-state index contributed by atoms with van der Waals surface area (Å²) in [6, 6.07) is 12.7. The molecule has 0 unspecified atom stereocenters. The highest BCUT2D eigenvalue weighted by Crippen LogP contribution is 2.36. The maximum atomic E-state index is 9.64. The molecule has 0 radical (unpaired) electrons. The second-order valence-electron chi connectivity index (χ2n) is 5.24. The zero-order valence-corrected chi connectivity index (χ0v) is 13.5. The van der Waals surface area contributed by atoms with E-state index in [1.165, 1.54) is 0 Å². The Hall–Kier alpha value is -1.09. The molecule has 0 aromatic heterocycles. The van der Waals surface area contributed by atoms with E-state index in [-0.39, 0.29) is 5.41 Å². The molecule has 1 saturated heterocycles. The van der Waals surface area contributed by atoms with E-state index in [1.54, 1.807) is 11.9 Å². The van der Waals surface area contributed by atoms with Crippen LogP contribution in [0.4, 0.5) is 0 Å². The van der Waals surface area contributed by atoms with Crippen molar-refractivity contribution in [1.82, 2.24) is 9.21 Å². The van der Waals surface area contributed by atoms with Gasteiger partial charge in [-0.1, -0.05) is 42.5 Å². The van der Waals surface area contributed by atoms with Gasteiger partial charge in [0.2, 0.25) is 0 Å². The van der Waals surface area contributed by atoms with E-state index in [9.17, 15) is 5.26 Å². The van der Waals surface area contributed by atoms with Crippen LogP contribution in [0.15, 0.2) is 30.3 Å². The third-order valence-electron chi connectivity index (χ3n) is 3.69. The molecule has 1 aromatic rings. The molecule has 0 atom stereocenters. The van der Waals surface area contributed by atoms with Crippen molar-refractivity contribution < 1.29 is 0 Å². The predicted octanol–water partition coefficient (Wildman–Crippen LogP) is 3.04. The molecular weight excluding hydrogens is 286 g/mol. The molecule has 20 heavy (non-hydrogen) atoms. The maximum Gasteiger partial charge on any atom is 0.151 e. The Kier molecular flexibility index (Phi) is 5.03. The van der Waals surface area contributed by atoms with Gasteiger partial charge in [-0.25, -0.2) is 4.31 Å². The van der Waals surface area contributed by atoms with Crippen molar-refractivity contribution in [3.8, 4) is 6.07 Å². The molecule has 2 rings (SSSR count). The molecule has 0 bridgehead atoms. The van der Waals surface area contributed by atoms with Gasteiger partial charge in [-0.2, -0.15) is 5.26 Å². The average molecular weight is 305 g/mol. The topological polar surface area (TPSA) is 30.3 Å². The molecule has 1 fully saturated rings. The Morgan fingerprint density at radius 1 is 1.30 bits per heavy atom. The van der Waals surface area contributed by atoms with Gasteiger partial charge in [0.25, 0.3) is 0 Å². The Morgan fingerprint density at radius 3 is 2.40 bits per heavy atom. The van der Waals surface area contributed by atoms with Crippen LogP contribution in [0.3, 0.4) is 0 Å². The van der Waals surface area contributed by atoms with Gasteiger partial charge >= 0.3 is 0 Å². The number of nitrogens with zero attached hydrogens (tertiary/aromatic N) is 3. The van der Waals surface area contributed by atoms with Crippen LogP contribution in [-0.4, -0.2) is 40.7 Å². The van der Waals surface area contributed by atoms with Gasteiger partial charge in [-0.3, -0.25) is 0 Å². The lowest BCUT2D eigenvalue weighted by atomic mass is 9.74. The Balaban J connectivity index is 2.02. The van der Waals surface area contributed by atoms with Gasteiger partial charge in [0.05, 0.1) is 11.5 Å². The molecule has 5 heteroatoms. The molecule has 0 saturated carbocycles. The smallest absolute Gasteiger partial charge is 0.151 e. The summed E-state index contributed by atoms with van der Waals surface area (Å²) >= 11 is 6.94. The largest absolute Gasteiger partial charge is 0.363 e. The summed E-state index contributed by atoms with van der Waals surface area (Å²) in [5.74, 6) is 0. The van der Waals surface area contributed by atoms with E-state index in [2.05, 4.69) is 22.5 Å². The molecule has 1 aromatic carbocycles. The van der Waals surface area contributed by atoms with E-state index >= 15 is 0 Å². The highest BCUT2D eigenvalue weighted by molar-refractivity contribution is 8.21. The van der Waals surface area contributed by atoms with Gasteiger partial charge in [0, 0.05) is 27.2 Å². The molecular formula is C15H19N3S2. The van der Waals surface area contributed by atoms with E-state index < -0.39 is 0 Å². The number of hydrogen-bond acceptors (Lipinski definition) is 4. The fraction of sp³-hybridized carbons (Fsp3) is 0.467. The quantitative estimate of drug-likeness (QED) is 0.619. The molecule has 0 amide bonds. The van der Waals surface area contributed by atoms with E-state index in [1.807, 2.05) is 37.2 Å². The summed E-state index contributed by atoms with van der Waals surface area (Å²) in [6.45, 7) is 1.78. The van der Waals surface area contributed by atoms with Crippen molar-refractivity contribution in [2.24, 2.45) is 0 Å². The molecule has 0 spiro atoms. The fourth-order valence-electron chi connectivity index (χ4n) is 2.37. The third-order valence-corrected chi connectivity index (χ3v) is 5.42. The summed E-state index contributed by atoms with van der Waals surface area (Å²) in [6.07, 6.45) is 1.72. The number of thiocarbonyl (C=S) groups is 1. The normalized spacial score (nSPS) is 18.2. The Bertz CT molecular complexity index is 500. The average Bonchev–Trinajstić information content (AvgIpc) is 2.49. The molecule has 1 aliphatic heterocycles. The van der Waals surface area contributed by atoms with E-state index in [0.29, 0.717) is 0 Å². The Labute approximate surface area is 130 Å². The van der Waals surface area contributed by atoms with Crippen LogP contribution in [0.25, 0.3) is 0 Å². The number of piperidine rings is 1. The van der Waals surface area contributed by atoms with Crippen molar-refractivity contribution in [3.63, 3.8) is 0 Å². The standard InChI is InChI=1S/C15H19N3S2/c1-17(2)14(19)20-18-10-8-15(12-16,9-11-18)13-6-4-3-5-7-13/h3-7H,8-11H2,1-2H3. The highest BCUT2D eigenvalue weighted by atomic mass is 32.2. The minimum absolute atomic E-state index is 0.335. The van der Waals surface area contributed by atoms with Gasteiger partial charge in [-0.05, 0) is 30.4 Å². The van der Waals surface area contributed by atoms with E-state index in [0.717, 1.165) is 35.8 Å². The van der Waals surface area contributed by atoms with Crippen LogP contribution in [0.5, 0.6) is 0 Å². The monoisotopic (exact) mass is 305 g/mol. The van der Waals surface area contributed by atoms with E-state index in [4.69, 9.17) is 12.2 Å². The SMILES string of the molecule is CN(C)C(=S)SN1CCC(C#N)(c2ccccc2)CC1. The summed E-state index contributed by atoms with van der Waals surface area (Å²) in [4.78, 5) is 1.95. The molecule has 3 nitrogen and oxygen atoms in total. The van der Waals surface area contributed by atoms with Crippen LogP contribution in [0.1, 0.15) is 18.4 Å². The van der Waals surface area contributed by atoms with Crippen molar-refractivity contribution >= 4 is 28.5 Å². The lowest BCUT2D eigenvalue weighted by molar-refractivity contribution is 0.297. The molecule has 1 heterocycles. The second kappa shape index (κ2) is 6.57. The minimum atomic E-state index is -0.335. The number of nitriles is 1. The van der Waals surface area contributed by atoms with Crippen LogP contribution < -0.4 is 0 Å². The fourth-order valence-corrected chi connectivity index (χ4v) is 3.44. The highest BCUT2D eigenvalue weighted by Gasteiger charge is 2.36. The molecule has 106 valence electrons. The summed E-state index contributed by atoms with van der Waals surface area (Å²) in [5, 5.41) is 9.64. The second-order valence-corrected chi connectivity index (χ2v) is 6.97. The summed E-state index contributed by atoms with van der Waals surface area (Å²) in [5.41, 5.74) is 0.806. The summed E-state index contributed by atoms with van der Waals surface area (Å²) in [7, 11) is 3.92. The van der Waals surface area contributed by atoms with Crippen molar-refractivity contribution in [2.75, 3.05) is 27.2 Å². The first-order chi connectivity index (χ1) is 9.57. The van der Waals surface area contributed by atoms with Gasteiger partial charge in [0.15, 0.2) is 4.32 Å². The van der Waals surface area contributed by atoms with Crippen LogP contribution in [0, 0.1) is 11.3 Å². The zero-order chi connectivity index (χ0) is 14.6. The van der Waals surface area contributed by atoms with Gasteiger partial charge < -0.3 is 4.90 Å². The number of rotatable bonds is 2. The van der Waals surface area contributed by atoms with Gasteiger partial charge in [-0.15, -0.1) is 0 Å². The van der Waals surface area contributed by atoms with Gasteiger partial charge in [0.1, 0.15) is 0 Å². The van der Waals surface area contributed by atoms with Crippen molar-refractivity contribution in [3.05, 3.63) is 35.9 Å².